The molecule has 0 spiro atoms. The lowest BCUT2D eigenvalue weighted by Crippen LogP contribution is -2.47. The van der Waals surface area contributed by atoms with E-state index < -0.39 is 20.0 Å². The minimum atomic E-state index is -4.47. The number of carbonyl (C=O) groups excluding carboxylic acids is 2. The van der Waals surface area contributed by atoms with Gasteiger partial charge in [0.15, 0.2) is 0 Å². The normalized spacial score (nSPS) is 14.2. The lowest BCUT2D eigenvalue weighted by Gasteiger charge is -2.27. The minimum absolute atomic E-state index is 0.0325. The van der Waals surface area contributed by atoms with Gasteiger partial charge in [-0.05, 0) is 122 Å². The van der Waals surface area contributed by atoms with E-state index in [2.05, 4.69) is 135 Å². The molecule has 0 aromatic rings. The second kappa shape index (κ2) is 67.3. The molecule has 0 rings (SSSR count). The number of likely N-dealkylation sites (N-methyl/N-ethyl adjacent to an activating group) is 1. The Morgan fingerprint density at radius 3 is 1.10 bits per heavy atom. The van der Waals surface area contributed by atoms with Crippen molar-refractivity contribution in [3.63, 3.8) is 0 Å². The zero-order chi connectivity index (χ0) is 64.9. The fraction of sp³-hybridized carbons (Fsp3) is 0.722. The quantitative estimate of drug-likeness (QED) is 0.0205. The predicted octanol–water partition coefficient (Wildman–Crippen LogP) is 23.8. The fourth-order valence-corrected chi connectivity index (χ4v) is 11.0. The van der Waals surface area contributed by atoms with E-state index in [1.54, 1.807) is 0 Å². The maximum absolute atomic E-state index is 13.6. The van der Waals surface area contributed by atoms with E-state index in [0.717, 1.165) is 135 Å². The van der Waals surface area contributed by atoms with Crippen LogP contribution in [0.1, 0.15) is 316 Å². The highest BCUT2D eigenvalue weighted by Crippen LogP contribution is 2.43. The Hall–Kier alpha value is -3.59. The molecule has 3 atom stereocenters. The number of nitrogens with one attached hydrogen (secondary N) is 1. The maximum Gasteiger partial charge on any atom is 0.472 e. The van der Waals surface area contributed by atoms with Crippen molar-refractivity contribution in [3.05, 3.63) is 122 Å². The summed E-state index contributed by atoms with van der Waals surface area (Å²) in [6, 6.07) is -0.864. The third-order valence-corrected chi connectivity index (χ3v) is 16.9. The molecule has 0 saturated carbocycles. The summed E-state index contributed by atoms with van der Waals surface area (Å²) in [4.78, 5) is 38.0. The Kier molecular flexibility index (Phi) is 64.6. The van der Waals surface area contributed by atoms with Crippen molar-refractivity contribution >= 4 is 19.7 Å². The van der Waals surface area contributed by atoms with Gasteiger partial charge in [-0.3, -0.25) is 18.6 Å². The summed E-state index contributed by atoms with van der Waals surface area (Å²) in [6.45, 7) is 6.88. The predicted molar refractivity (Wildman–Crippen MR) is 387 cm³/mol. The molecule has 0 aliphatic carbocycles. The Labute approximate surface area is 550 Å². The zero-order valence-electron chi connectivity index (χ0n) is 58.6. The van der Waals surface area contributed by atoms with Crippen LogP contribution in [0.3, 0.4) is 0 Å². The number of ether oxygens (including phenoxy) is 1. The van der Waals surface area contributed by atoms with Crippen LogP contribution in [0, 0.1) is 0 Å². The number of esters is 1. The topological polar surface area (TPSA) is 111 Å². The summed E-state index contributed by atoms with van der Waals surface area (Å²) in [5.74, 6) is -0.518. The van der Waals surface area contributed by atoms with Crippen molar-refractivity contribution in [1.82, 2.24) is 5.32 Å². The third kappa shape index (κ3) is 68.6. The molecular weight excluding hydrogens is 1120 g/mol. The average Bonchev–Trinajstić information content (AvgIpc) is 3.54. The molecule has 0 aliphatic heterocycles. The number of quaternary nitrogens is 1. The molecular formula is C79H140N2O7P+. The smallest absolute Gasteiger partial charge is 0.456 e. The van der Waals surface area contributed by atoms with Crippen LogP contribution in [-0.2, 0) is 27.9 Å². The molecule has 9 nitrogen and oxygen atoms in total. The maximum atomic E-state index is 13.6. The molecule has 0 saturated heterocycles. The Morgan fingerprint density at radius 1 is 0.404 bits per heavy atom. The number of unbranched alkanes of at least 4 members (excludes halogenated alkanes) is 32. The van der Waals surface area contributed by atoms with E-state index in [0.29, 0.717) is 17.4 Å². The molecule has 3 unspecified atom stereocenters. The Balaban J connectivity index is 5.11. The van der Waals surface area contributed by atoms with E-state index >= 15 is 0 Å². The van der Waals surface area contributed by atoms with Gasteiger partial charge in [-0.1, -0.05) is 303 Å². The number of nitrogens with zero attached hydrogens (tertiary/aromatic N) is 1. The summed E-state index contributed by atoms with van der Waals surface area (Å²) < 4.78 is 30.9. The number of rotatable bonds is 66. The first-order valence-corrected chi connectivity index (χ1v) is 38.4. The Morgan fingerprint density at radius 2 is 0.719 bits per heavy atom. The second-order valence-corrected chi connectivity index (χ2v) is 27.2. The van der Waals surface area contributed by atoms with Crippen molar-refractivity contribution in [1.29, 1.82) is 0 Å². The monoisotopic (exact) mass is 1260 g/mol. The summed E-state index contributed by atoms with van der Waals surface area (Å²) in [5.41, 5.74) is 0. The highest BCUT2D eigenvalue weighted by Gasteiger charge is 2.30. The molecule has 0 aromatic carbocycles. The number of phosphoric acid groups is 1. The van der Waals surface area contributed by atoms with Crippen LogP contribution in [0.5, 0.6) is 0 Å². The standard InChI is InChI=1S/C79H139N2O7P/c1-7-10-13-16-19-22-25-28-30-32-34-36-38-40-42-44-46-48-50-53-56-59-62-65-68-71-78(82)80-76(75-87-89(84,85)86-74-73-81(4,5)6)77(70-67-64-61-58-55-52-27-24-21-18-15-12-9-3)88-79(83)72-69-66-63-60-57-54-51-49-47-45-43-41-39-37-35-33-31-29-26-23-20-17-14-11-8-2/h11,14,19-20,22-23,28-31,34-37,40-43,67,70,76-77H,7-10,12-13,15-18,21,24-27,32-33,38-39,44-66,68-69,71-75H2,1-6H3,(H-,80,82,84,85)/p+1/b14-11-,22-19-,23-20-,30-28-,31-29-,36-34-,37-35-,42-40-,43-41-,70-67+. The van der Waals surface area contributed by atoms with E-state index in [1.807, 2.05) is 33.3 Å². The molecule has 0 heterocycles. The van der Waals surface area contributed by atoms with Gasteiger partial charge >= 0.3 is 13.8 Å². The van der Waals surface area contributed by atoms with E-state index in [-0.39, 0.29) is 31.5 Å². The number of phosphoric ester groups is 1. The van der Waals surface area contributed by atoms with Gasteiger partial charge in [0, 0.05) is 12.8 Å². The average molecular weight is 1260 g/mol. The van der Waals surface area contributed by atoms with Gasteiger partial charge in [0.05, 0.1) is 33.8 Å². The lowest BCUT2D eigenvalue weighted by molar-refractivity contribution is -0.870. The third-order valence-electron chi connectivity index (χ3n) is 15.9. The highest BCUT2D eigenvalue weighted by molar-refractivity contribution is 7.47. The largest absolute Gasteiger partial charge is 0.472 e. The lowest BCUT2D eigenvalue weighted by atomic mass is 10.0. The van der Waals surface area contributed by atoms with E-state index in [1.165, 1.54) is 148 Å². The van der Waals surface area contributed by atoms with Gasteiger partial charge in [0.2, 0.25) is 5.91 Å². The number of allylic oxidation sites excluding steroid dienone is 19. The van der Waals surface area contributed by atoms with Crippen molar-refractivity contribution in [2.75, 3.05) is 40.9 Å². The van der Waals surface area contributed by atoms with Gasteiger partial charge in [-0.25, -0.2) is 4.57 Å². The van der Waals surface area contributed by atoms with Crippen molar-refractivity contribution in [2.45, 2.75) is 328 Å². The first kappa shape index (κ1) is 85.4. The molecule has 10 heteroatoms. The van der Waals surface area contributed by atoms with E-state index in [4.69, 9.17) is 13.8 Å². The molecule has 0 radical (unpaired) electrons. The highest BCUT2D eigenvalue weighted by atomic mass is 31.2. The molecule has 0 fully saturated rings. The van der Waals surface area contributed by atoms with Crippen molar-refractivity contribution in [3.8, 4) is 0 Å². The number of hydrogen-bond acceptors (Lipinski definition) is 6. The molecule has 0 bridgehead atoms. The number of amides is 1. The SMILES string of the molecule is CC/C=C\C/C=C\C/C=C\C/C=C\C/C=C\CCCCCCCCCCCC(=O)OC(/C=C/CCCCCCCCCCCCC)C(COP(=O)(O)OCC[N+](C)(C)C)NC(=O)CCCCCCCCCCC/C=C\C/C=C\C/C=C\C/C=C\CCCCC. The van der Waals surface area contributed by atoms with Crippen LogP contribution in [0.15, 0.2) is 122 Å². The molecule has 512 valence electrons. The van der Waals surface area contributed by atoms with Crippen LogP contribution in [0.25, 0.3) is 0 Å². The van der Waals surface area contributed by atoms with Gasteiger partial charge in [-0.2, -0.15) is 0 Å². The van der Waals surface area contributed by atoms with Crippen LogP contribution < -0.4 is 5.32 Å². The summed E-state index contributed by atoms with van der Waals surface area (Å²) in [6.07, 6.45) is 94.9. The molecule has 1 amide bonds. The summed E-state index contributed by atoms with van der Waals surface area (Å²) >= 11 is 0. The summed E-state index contributed by atoms with van der Waals surface area (Å²) in [7, 11) is 1.48. The molecule has 89 heavy (non-hydrogen) atoms. The van der Waals surface area contributed by atoms with Gasteiger partial charge in [0.25, 0.3) is 0 Å². The number of carbonyl (C=O) groups is 2. The van der Waals surface area contributed by atoms with Gasteiger partial charge in [0.1, 0.15) is 19.3 Å². The summed E-state index contributed by atoms with van der Waals surface area (Å²) in [5, 5.41) is 3.07. The van der Waals surface area contributed by atoms with Crippen LogP contribution in [-0.4, -0.2) is 74.3 Å². The van der Waals surface area contributed by atoms with Gasteiger partial charge < -0.3 is 19.4 Å². The van der Waals surface area contributed by atoms with E-state index in [9.17, 15) is 19.0 Å². The van der Waals surface area contributed by atoms with Crippen LogP contribution in [0.4, 0.5) is 0 Å². The van der Waals surface area contributed by atoms with Crippen LogP contribution in [0.2, 0.25) is 0 Å². The molecule has 2 N–H and O–H groups in total. The minimum Gasteiger partial charge on any atom is -0.456 e. The molecule has 0 aromatic heterocycles. The first-order chi connectivity index (χ1) is 43.4. The van der Waals surface area contributed by atoms with Crippen LogP contribution >= 0.6 is 7.82 Å². The second-order valence-electron chi connectivity index (χ2n) is 25.7. The fourth-order valence-electron chi connectivity index (χ4n) is 10.2. The number of hydrogen-bond donors (Lipinski definition) is 2. The first-order valence-electron chi connectivity index (χ1n) is 36.9. The van der Waals surface area contributed by atoms with Crippen molar-refractivity contribution in [2.24, 2.45) is 0 Å². The Bertz CT molecular complexity index is 1940. The van der Waals surface area contributed by atoms with Crippen molar-refractivity contribution < 1.29 is 37.3 Å². The van der Waals surface area contributed by atoms with Gasteiger partial charge in [-0.15, -0.1) is 0 Å². The zero-order valence-corrected chi connectivity index (χ0v) is 59.5. The molecule has 0 aliphatic rings.